The van der Waals surface area contributed by atoms with Crippen LogP contribution in [-0.2, 0) is 4.79 Å². The fourth-order valence-corrected chi connectivity index (χ4v) is 1.01. The molecule has 0 unspecified atom stereocenters. The van der Waals surface area contributed by atoms with Gasteiger partial charge in [0.1, 0.15) is 5.56 Å². The normalized spacial score (nSPS) is 9.59. The van der Waals surface area contributed by atoms with Gasteiger partial charge in [0.15, 0.2) is 0 Å². The Hall–Kier alpha value is -2.35. The molecule has 5 heteroatoms. The number of rotatable bonds is 3. The fourth-order valence-electron chi connectivity index (χ4n) is 1.01. The van der Waals surface area contributed by atoms with Crippen LogP contribution in [0.5, 0.6) is 11.9 Å². The summed E-state index contributed by atoms with van der Waals surface area (Å²) in [6.45, 7) is 1.75. The van der Waals surface area contributed by atoms with Gasteiger partial charge in [-0.2, -0.15) is 4.98 Å². The van der Waals surface area contributed by atoms with E-state index in [0.29, 0.717) is 5.56 Å². The van der Waals surface area contributed by atoms with E-state index in [1.807, 2.05) is 0 Å². The lowest BCUT2D eigenvalue weighted by Gasteiger charge is -2.02. The number of carbonyl (C=O) groups is 1. The van der Waals surface area contributed by atoms with Crippen molar-refractivity contribution in [2.45, 2.75) is 6.92 Å². The molecule has 0 aromatic carbocycles. The molecule has 1 aromatic heterocycles. The predicted octanol–water partition coefficient (Wildman–Crippen LogP) is 0.990. The van der Waals surface area contributed by atoms with Crippen LogP contribution >= 0.6 is 0 Å². The molecule has 88 valence electrons. The first-order valence-corrected chi connectivity index (χ1v) is 4.85. The van der Waals surface area contributed by atoms with Crippen LogP contribution in [0.4, 0.5) is 0 Å². The second kappa shape index (κ2) is 6.28. The average Bonchev–Trinajstić information content (AvgIpc) is 2.36. The van der Waals surface area contributed by atoms with E-state index in [2.05, 4.69) is 21.8 Å². The van der Waals surface area contributed by atoms with Gasteiger partial charge >= 0.3 is 6.01 Å². The molecule has 17 heavy (non-hydrogen) atoms. The van der Waals surface area contributed by atoms with E-state index >= 15 is 0 Å². The van der Waals surface area contributed by atoms with Crippen molar-refractivity contribution in [2.24, 2.45) is 0 Å². The van der Waals surface area contributed by atoms with Gasteiger partial charge in [-0.1, -0.05) is 12.0 Å². The molecule has 5 nitrogen and oxygen atoms in total. The molecule has 0 amide bonds. The summed E-state index contributed by atoms with van der Waals surface area (Å²) in [5.41, 5.74) is 0.436. The van der Waals surface area contributed by atoms with Crippen molar-refractivity contribution in [1.82, 2.24) is 9.97 Å². The zero-order valence-electron chi connectivity index (χ0n) is 9.85. The Bertz CT molecular complexity index is 498. The second-order valence-corrected chi connectivity index (χ2v) is 2.89. The fraction of sp³-hybridized carbons (Fsp3) is 0.250. The van der Waals surface area contributed by atoms with Crippen LogP contribution in [0.2, 0.25) is 0 Å². The summed E-state index contributed by atoms with van der Waals surface area (Å²) in [6.07, 6.45) is 4.45. The Morgan fingerprint density at radius 2 is 2.18 bits per heavy atom. The lowest BCUT2D eigenvalue weighted by molar-refractivity contribution is -0.109. The highest BCUT2D eigenvalue weighted by Crippen LogP contribution is 2.15. The highest BCUT2D eigenvalue weighted by molar-refractivity contribution is 6.04. The molecule has 0 atom stereocenters. The Morgan fingerprint density at radius 3 is 2.76 bits per heavy atom. The third kappa shape index (κ3) is 3.61. The summed E-state index contributed by atoms with van der Waals surface area (Å²) in [6, 6.07) is 0.187. The Kier molecular flexibility index (Phi) is 4.70. The summed E-state index contributed by atoms with van der Waals surface area (Å²) in [4.78, 5) is 19.0. The number of hydrogen-bond acceptors (Lipinski definition) is 5. The van der Waals surface area contributed by atoms with Crippen LogP contribution in [0, 0.1) is 11.8 Å². The first-order chi connectivity index (χ1) is 8.21. The molecule has 1 heterocycles. The predicted molar refractivity (Wildman–Crippen MR) is 61.8 cm³/mol. The van der Waals surface area contributed by atoms with Crippen LogP contribution in [0.15, 0.2) is 18.3 Å². The van der Waals surface area contributed by atoms with Gasteiger partial charge in [0.2, 0.25) is 11.7 Å². The number of ketones is 1. The van der Waals surface area contributed by atoms with Crippen LogP contribution < -0.4 is 9.47 Å². The van der Waals surface area contributed by atoms with Gasteiger partial charge in [-0.3, -0.25) is 4.79 Å². The maximum Gasteiger partial charge on any atom is 0.319 e. The average molecular weight is 232 g/mol. The third-order valence-electron chi connectivity index (χ3n) is 1.75. The van der Waals surface area contributed by atoms with Gasteiger partial charge in [0.25, 0.3) is 0 Å². The van der Waals surface area contributed by atoms with E-state index in [-0.39, 0.29) is 17.7 Å². The van der Waals surface area contributed by atoms with Gasteiger partial charge in [-0.05, 0) is 18.9 Å². The molecule has 0 fully saturated rings. The van der Waals surface area contributed by atoms with Crippen molar-refractivity contribution in [3.8, 4) is 23.7 Å². The molecule has 0 saturated heterocycles. The van der Waals surface area contributed by atoms with Crippen LogP contribution in [0.1, 0.15) is 12.5 Å². The Labute approximate surface area is 99.5 Å². The maximum absolute atomic E-state index is 11.2. The quantitative estimate of drug-likeness (QED) is 0.574. The molecule has 0 spiro atoms. The molecule has 1 aromatic rings. The zero-order chi connectivity index (χ0) is 12.7. The van der Waals surface area contributed by atoms with Crippen LogP contribution in [0.3, 0.4) is 0 Å². The molecule has 0 N–H and O–H groups in total. The van der Waals surface area contributed by atoms with Crippen molar-refractivity contribution in [3.05, 3.63) is 23.9 Å². The SMILES string of the molecule is C/C=C/C(=O)C#Cc1cnc(OC)nc1OC. The van der Waals surface area contributed by atoms with Crippen molar-refractivity contribution < 1.29 is 14.3 Å². The number of aromatic nitrogens is 2. The number of ether oxygens (including phenoxy) is 2. The second-order valence-electron chi connectivity index (χ2n) is 2.89. The van der Waals surface area contributed by atoms with Gasteiger partial charge in [0.05, 0.1) is 20.4 Å². The number of allylic oxidation sites excluding steroid dienone is 2. The van der Waals surface area contributed by atoms with E-state index < -0.39 is 0 Å². The molecule has 0 aliphatic rings. The van der Waals surface area contributed by atoms with Crippen molar-refractivity contribution in [1.29, 1.82) is 0 Å². The summed E-state index contributed by atoms with van der Waals surface area (Å²) in [7, 11) is 2.91. The maximum atomic E-state index is 11.2. The minimum atomic E-state index is -0.287. The van der Waals surface area contributed by atoms with E-state index in [1.165, 1.54) is 26.5 Å². The van der Waals surface area contributed by atoms with E-state index in [9.17, 15) is 4.79 Å². The van der Waals surface area contributed by atoms with Gasteiger partial charge in [-0.15, -0.1) is 0 Å². The number of carbonyl (C=O) groups excluding carboxylic acids is 1. The summed E-state index contributed by atoms with van der Waals surface area (Å²) < 4.78 is 9.86. The van der Waals surface area contributed by atoms with Crippen molar-refractivity contribution >= 4 is 5.78 Å². The summed E-state index contributed by atoms with van der Waals surface area (Å²) >= 11 is 0. The number of methoxy groups -OCH3 is 2. The van der Waals surface area contributed by atoms with Crippen molar-refractivity contribution in [2.75, 3.05) is 14.2 Å². The van der Waals surface area contributed by atoms with E-state index in [1.54, 1.807) is 13.0 Å². The number of hydrogen-bond donors (Lipinski definition) is 0. The molecule has 0 aliphatic heterocycles. The molecule has 0 bridgehead atoms. The molecule has 0 saturated carbocycles. The Balaban J connectivity index is 3.02. The standard InChI is InChI=1S/C12H12N2O3/c1-4-5-10(15)7-6-9-8-13-12(17-3)14-11(9)16-2/h4-5,8H,1-3H3/b5-4+. The van der Waals surface area contributed by atoms with E-state index in [4.69, 9.17) is 9.47 Å². The lowest BCUT2D eigenvalue weighted by atomic mass is 10.3. The van der Waals surface area contributed by atoms with Crippen LogP contribution in [-0.4, -0.2) is 30.0 Å². The largest absolute Gasteiger partial charge is 0.480 e. The molecule has 1 rings (SSSR count). The van der Waals surface area contributed by atoms with E-state index in [0.717, 1.165) is 0 Å². The molecule has 0 radical (unpaired) electrons. The molecular weight excluding hydrogens is 220 g/mol. The topological polar surface area (TPSA) is 61.3 Å². The van der Waals surface area contributed by atoms with Gasteiger partial charge in [-0.25, -0.2) is 4.98 Å². The van der Waals surface area contributed by atoms with Crippen molar-refractivity contribution in [3.63, 3.8) is 0 Å². The first kappa shape index (κ1) is 12.7. The highest BCUT2D eigenvalue weighted by atomic mass is 16.5. The third-order valence-corrected chi connectivity index (χ3v) is 1.75. The summed E-state index contributed by atoms with van der Waals surface area (Å²) in [5.74, 6) is 5.07. The first-order valence-electron chi connectivity index (χ1n) is 4.85. The smallest absolute Gasteiger partial charge is 0.319 e. The zero-order valence-corrected chi connectivity index (χ0v) is 9.85. The summed E-state index contributed by atoms with van der Waals surface area (Å²) in [5, 5.41) is 0. The Morgan fingerprint density at radius 1 is 1.41 bits per heavy atom. The molecular formula is C12H12N2O3. The monoisotopic (exact) mass is 232 g/mol. The van der Waals surface area contributed by atoms with Gasteiger partial charge in [0, 0.05) is 0 Å². The highest BCUT2D eigenvalue weighted by Gasteiger charge is 2.05. The molecule has 0 aliphatic carbocycles. The minimum Gasteiger partial charge on any atom is -0.480 e. The van der Waals surface area contributed by atoms with Gasteiger partial charge < -0.3 is 9.47 Å². The lowest BCUT2D eigenvalue weighted by Crippen LogP contribution is -1.98. The minimum absolute atomic E-state index is 0.187. The van der Waals surface area contributed by atoms with Crippen LogP contribution in [0.25, 0.3) is 0 Å². The number of nitrogens with zero attached hydrogens (tertiary/aromatic N) is 2.